The number of hydrogen-bond acceptors (Lipinski definition) is 5. The van der Waals surface area contributed by atoms with Crippen LogP contribution in [0.3, 0.4) is 0 Å². The minimum atomic E-state index is 0. The molecule has 8 heteroatoms. The number of aliphatic imine (C=N–C) groups is 1. The van der Waals surface area contributed by atoms with Crippen LogP contribution in [0.4, 0.5) is 0 Å². The molecule has 0 bridgehead atoms. The molecule has 0 aliphatic carbocycles. The topological polar surface area (TPSA) is 67.8 Å². The first-order chi connectivity index (χ1) is 12.3. The Morgan fingerprint density at radius 2 is 2.15 bits per heavy atom. The number of aromatic nitrogens is 1. The number of nitrogens with zero attached hydrogens (tertiary/aromatic N) is 2. The minimum Gasteiger partial charge on any atom is -0.379 e. The summed E-state index contributed by atoms with van der Waals surface area (Å²) in [6.07, 6.45) is 6.91. The van der Waals surface area contributed by atoms with Gasteiger partial charge in [0.1, 0.15) is 0 Å². The molecule has 1 saturated heterocycles. The van der Waals surface area contributed by atoms with E-state index in [2.05, 4.69) is 26.0 Å². The summed E-state index contributed by atoms with van der Waals surface area (Å²) in [7, 11) is 1.81. The molecule has 1 aromatic rings. The molecule has 1 fully saturated rings. The largest absolute Gasteiger partial charge is 0.379 e. The molecular weight excluding hydrogens is 463 g/mol. The van der Waals surface area contributed by atoms with Gasteiger partial charge in [0, 0.05) is 44.4 Å². The van der Waals surface area contributed by atoms with Gasteiger partial charge in [0.15, 0.2) is 5.96 Å². The zero-order valence-electron chi connectivity index (χ0n) is 16.0. The molecule has 1 unspecified atom stereocenters. The number of halogens is 1. The van der Waals surface area contributed by atoms with Gasteiger partial charge in [-0.25, -0.2) is 4.98 Å². The van der Waals surface area contributed by atoms with Gasteiger partial charge in [-0.2, -0.15) is 0 Å². The first-order valence-corrected chi connectivity index (χ1v) is 10.2. The van der Waals surface area contributed by atoms with Crippen molar-refractivity contribution < 1.29 is 9.47 Å². The van der Waals surface area contributed by atoms with Crippen molar-refractivity contribution in [1.29, 1.82) is 0 Å². The molecule has 0 spiro atoms. The lowest BCUT2D eigenvalue weighted by Crippen LogP contribution is -2.38. The van der Waals surface area contributed by atoms with Crippen LogP contribution in [0, 0.1) is 6.92 Å². The second kappa shape index (κ2) is 14.6. The average Bonchev–Trinajstić information content (AvgIpc) is 3.27. The summed E-state index contributed by atoms with van der Waals surface area (Å²) < 4.78 is 11.2. The van der Waals surface area contributed by atoms with Gasteiger partial charge in [-0.15, -0.1) is 35.3 Å². The summed E-state index contributed by atoms with van der Waals surface area (Å²) in [5.41, 5.74) is 1.13. The molecule has 1 aliphatic rings. The second-order valence-electron chi connectivity index (χ2n) is 6.33. The number of rotatable bonds is 11. The van der Waals surface area contributed by atoms with Crippen LogP contribution in [0.5, 0.6) is 0 Å². The standard InChI is InChI=1S/C18H32N4O2S.HI/c1-15-14-25-17(22-15)8-3-4-9-20-18(19-2)21-10-6-11-23-13-16-7-5-12-24-16;/h14,16H,3-13H2,1-2H3,(H2,19,20,21);1H. The molecular formula is C18H33IN4O2S. The highest BCUT2D eigenvalue weighted by Gasteiger charge is 2.14. The Kier molecular flexibility index (Phi) is 13.2. The van der Waals surface area contributed by atoms with E-state index >= 15 is 0 Å². The van der Waals surface area contributed by atoms with Gasteiger partial charge in [-0.05, 0) is 45.4 Å². The Labute approximate surface area is 178 Å². The quantitative estimate of drug-likeness (QED) is 0.213. The van der Waals surface area contributed by atoms with Crippen LogP contribution in [-0.4, -0.2) is 57.0 Å². The third kappa shape index (κ3) is 10.0. The molecule has 2 heterocycles. The molecule has 0 aromatic carbocycles. The monoisotopic (exact) mass is 496 g/mol. The van der Waals surface area contributed by atoms with E-state index in [4.69, 9.17) is 9.47 Å². The van der Waals surface area contributed by atoms with E-state index in [0.29, 0.717) is 6.10 Å². The van der Waals surface area contributed by atoms with Crippen molar-refractivity contribution in [2.24, 2.45) is 4.99 Å². The number of hydrogen-bond donors (Lipinski definition) is 2. The Morgan fingerprint density at radius 3 is 2.81 bits per heavy atom. The number of ether oxygens (including phenoxy) is 2. The van der Waals surface area contributed by atoms with Crippen molar-refractivity contribution >= 4 is 41.3 Å². The van der Waals surface area contributed by atoms with E-state index in [-0.39, 0.29) is 24.0 Å². The van der Waals surface area contributed by atoms with Crippen molar-refractivity contribution in [3.05, 3.63) is 16.1 Å². The molecule has 0 radical (unpaired) electrons. The summed E-state index contributed by atoms with van der Waals surface area (Å²) >= 11 is 1.76. The van der Waals surface area contributed by atoms with Gasteiger partial charge in [0.05, 0.1) is 17.7 Å². The predicted octanol–water partition coefficient (Wildman–Crippen LogP) is 3.14. The van der Waals surface area contributed by atoms with Gasteiger partial charge in [-0.3, -0.25) is 4.99 Å². The van der Waals surface area contributed by atoms with E-state index in [0.717, 1.165) is 76.7 Å². The maximum atomic E-state index is 5.66. The van der Waals surface area contributed by atoms with Crippen LogP contribution in [0.1, 0.15) is 42.8 Å². The maximum absolute atomic E-state index is 5.66. The predicted molar refractivity (Wildman–Crippen MR) is 119 cm³/mol. The third-order valence-electron chi connectivity index (χ3n) is 4.09. The fourth-order valence-corrected chi connectivity index (χ4v) is 3.54. The summed E-state index contributed by atoms with van der Waals surface area (Å²) in [4.78, 5) is 8.74. The first-order valence-electron chi connectivity index (χ1n) is 9.33. The SMILES string of the molecule is CN=C(NCCCCc1nc(C)cs1)NCCCOCC1CCCO1.I. The van der Waals surface area contributed by atoms with E-state index in [1.54, 1.807) is 11.3 Å². The van der Waals surface area contributed by atoms with Crippen LogP contribution in [0.2, 0.25) is 0 Å². The van der Waals surface area contributed by atoms with E-state index in [9.17, 15) is 0 Å². The highest BCUT2D eigenvalue weighted by Crippen LogP contribution is 2.12. The summed E-state index contributed by atoms with van der Waals surface area (Å²) in [5, 5.41) is 10.0. The van der Waals surface area contributed by atoms with Gasteiger partial charge >= 0.3 is 0 Å². The van der Waals surface area contributed by atoms with Crippen LogP contribution in [-0.2, 0) is 15.9 Å². The highest BCUT2D eigenvalue weighted by atomic mass is 127. The number of thiazole rings is 1. The van der Waals surface area contributed by atoms with Crippen molar-refractivity contribution in [2.75, 3.05) is 40.0 Å². The van der Waals surface area contributed by atoms with Crippen LogP contribution in [0.25, 0.3) is 0 Å². The molecule has 1 aromatic heterocycles. The fraction of sp³-hybridized carbons (Fsp3) is 0.778. The maximum Gasteiger partial charge on any atom is 0.190 e. The molecule has 6 nitrogen and oxygen atoms in total. The molecule has 0 amide bonds. The average molecular weight is 496 g/mol. The smallest absolute Gasteiger partial charge is 0.190 e. The first kappa shape index (κ1) is 23.6. The number of unbranched alkanes of at least 4 members (excludes halogenated alkanes) is 1. The summed E-state index contributed by atoms with van der Waals surface area (Å²) in [5.74, 6) is 0.865. The van der Waals surface area contributed by atoms with E-state index < -0.39 is 0 Å². The molecule has 0 saturated carbocycles. The van der Waals surface area contributed by atoms with Crippen LogP contribution >= 0.6 is 35.3 Å². The van der Waals surface area contributed by atoms with Gasteiger partial charge in [0.2, 0.25) is 0 Å². The Bertz CT molecular complexity index is 507. The Morgan fingerprint density at radius 1 is 1.35 bits per heavy atom. The van der Waals surface area contributed by atoms with Crippen LogP contribution in [0.15, 0.2) is 10.4 Å². The van der Waals surface area contributed by atoms with E-state index in [1.807, 2.05) is 14.0 Å². The molecule has 2 N–H and O–H groups in total. The minimum absolute atomic E-state index is 0. The zero-order chi connectivity index (χ0) is 17.7. The second-order valence-corrected chi connectivity index (χ2v) is 7.27. The molecule has 2 rings (SSSR count). The normalized spacial score (nSPS) is 17.2. The Balaban J connectivity index is 0.00000338. The lowest BCUT2D eigenvalue weighted by Gasteiger charge is -2.13. The lowest BCUT2D eigenvalue weighted by molar-refractivity contribution is 0.0168. The number of guanidine groups is 1. The van der Waals surface area contributed by atoms with Crippen molar-refractivity contribution in [3.63, 3.8) is 0 Å². The van der Waals surface area contributed by atoms with Crippen molar-refractivity contribution in [2.45, 2.75) is 51.6 Å². The third-order valence-corrected chi connectivity index (χ3v) is 5.11. The van der Waals surface area contributed by atoms with Gasteiger partial charge < -0.3 is 20.1 Å². The summed E-state index contributed by atoms with van der Waals surface area (Å²) in [6, 6.07) is 0. The molecule has 150 valence electrons. The number of nitrogens with one attached hydrogen (secondary N) is 2. The van der Waals surface area contributed by atoms with Crippen molar-refractivity contribution in [1.82, 2.24) is 15.6 Å². The molecule has 1 aliphatic heterocycles. The fourth-order valence-electron chi connectivity index (χ4n) is 2.72. The van der Waals surface area contributed by atoms with Gasteiger partial charge in [-0.1, -0.05) is 0 Å². The molecule has 26 heavy (non-hydrogen) atoms. The van der Waals surface area contributed by atoms with Crippen LogP contribution < -0.4 is 10.6 Å². The summed E-state index contributed by atoms with van der Waals surface area (Å²) in [6.45, 7) is 6.22. The number of aryl methyl sites for hydroxylation is 2. The zero-order valence-corrected chi connectivity index (χ0v) is 19.1. The van der Waals surface area contributed by atoms with Crippen molar-refractivity contribution in [3.8, 4) is 0 Å². The Hall–Kier alpha value is -0.450. The van der Waals surface area contributed by atoms with E-state index in [1.165, 1.54) is 11.4 Å². The molecule has 1 atom stereocenters. The highest BCUT2D eigenvalue weighted by molar-refractivity contribution is 14.0. The van der Waals surface area contributed by atoms with Gasteiger partial charge in [0.25, 0.3) is 0 Å². The lowest BCUT2D eigenvalue weighted by atomic mass is 10.2.